The largest absolute Gasteiger partial charge is 0.479 e. The van der Waals surface area contributed by atoms with Gasteiger partial charge < -0.3 is 13.9 Å². The summed E-state index contributed by atoms with van der Waals surface area (Å²) in [6.45, 7) is 5.54. The molecule has 0 N–H and O–H groups in total. The van der Waals surface area contributed by atoms with Crippen LogP contribution in [0.3, 0.4) is 0 Å². The van der Waals surface area contributed by atoms with Crippen molar-refractivity contribution >= 4 is 32.9 Å². The summed E-state index contributed by atoms with van der Waals surface area (Å²) in [7, 11) is 0. The fourth-order valence-corrected chi connectivity index (χ4v) is 3.13. The summed E-state index contributed by atoms with van der Waals surface area (Å²) in [6, 6.07) is 12.6. The van der Waals surface area contributed by atoms with E-state index in [-0.39, 0.29) is 0 Å². The van der Waals surface area contributed by atoms with Gasteiger partial charge in [0.15, 0.2) is 6.10 Å². The van der Waals surface area contributed by atoms with Gasteiger partial charge in [-0.05, 0) is 62.2 Å². The minimum Gasteiger partial charge on any atom is -0.479 e. The Labute approximate surface area is 165 Å². The number of aryl methyl sites for hydroxylation is 1. The first-order chi connectivity index (χ1) is 12.9. The van der Waals surface area contributed by atoms with E-state index in [0.29, 0.717) is 23.5 Å². The van der Waals surface area contributed by atoms with Crippen molar-refractivity contribution < 1.29 is 18.7 Å². The zero-order valence-electron chi connectivity index (χ0n) is 15.2. The lowest BCUT2D eigenvalue weighted by Crippen LogP contribution is -2.26. The fourth-order valence-electron chi connectivity index (χ4n) is 2.87. The van der Waals surface area contributed by atoms with Crippen LogP contribution in [0.4, 0.5) is 0 Å². The van der Waals surface area contributed by atoms with Crippen LogP contribution in [-0.2, 0) is 9.53 Å². The molecule has 0 aliphatic heterocycles. The molecule has 6 heteroatoms. The molecule has 0 unspecified atom stereocenters. The van der Waals surface area contributed by atoms with Crippen LogP contribution in [0, 0.1) is 6.92 Å². The quantitative estimate of drug-likeness (QED) is 0.427. The van der Waals surface area contributed by atoms with Gasteiger partial charge in [0, 0.05) is 9.86 Å². The van der Waals surface area contributed by atoms with Gasteiger partial charge >= 0.3 is 11.6 Å². The highest BCUT2D eigenvalue weighted by Gasteiger charge is 2.18. The summed E-state index contributed by atoms with van der Waals surface area (Å²) in [5, 5.41) is 0.751. The van der Waals surface area contributed by atoms with Crippen molar-refractivity contribution in [2.75, 3.05) is 6.61 Å². The van der Waals surface area contributed by atoms with Crippen LogP contribution < -0.4 is 10.4 Å². The minimum absolute atomic E-state index is 0.297. The Kier molecular flexibility index (Phi) is 5.65. The molecule has 0 amide bonds. The number of benzene rings is 2. The van der Waals surface area contributed by atoms with Crippen LogP contribution >= 0.6 is 15.9 Å². The molecule has 140 valence electrons. The Hall–Kier alpha value is -2.60. The molecule has 0 saturated carbocycles. The van der Waals surface area contributed by atoms with E-state index in [4.69, 9.17) is 13.9 Å². The van der Waals surface area contributed by atoms with Crippen LogP contribution in [0.25, 0.3) is 22.1 Å². The molecule has 1 aromatic heterocycles. The highest BCUT2D eigenvalue weighted by molar-refractivity contribution is 9.10. The number of carbonyl (C=O) groups excluding carboxylic acids is 1. The Morgan fingerprint density at radius 3 is 2.56 bits per heavy atom. The Morgan fingerprint density at radius 2 is 1.89 bits per heavy atom. The van der Waals surface area contributed by atoms with Crippen LogP contribution in [0.5, 0.6) is 5.75 Å². The van der Waals surface area contributed by atoms with Gasteiger partial charge in [0.2, 0.25) is 0 Å². The minimum atomic E-state index is -0.732. The van der Waals surface area contributed by atoms with Crippen molar-refractivity contribution in [2.24, 2.45) is 0 Å². The van der Waals surface area contributed by atoms with Crippen molar-refractivity contribution in [3.05, 3.63) is 62.9 Å². The monoisotopic (exact) mass is 430 g/mol. The number of hydrogen-bond acceptors (Lipinski definition) is 5. The SMILES string of the molecule is CCOC(=O)[C@H](C)Oc1ccc2oc(=O)c(-c3ccc(Br)cc3)c(C)c2c1. The number of halogens is 1. The van der Waals surface area contributed by atoms with Crippen molar-refractivity contribution in [1.82, 2.24) is 0 Å². The molecule has 0 radical (unpaired) electrons. The van der Waals surface area contributed by atoms with Gasteiger partial charge in [-0.1, -0.05) is 28.1 Å². The van der Waals surface area contributed by atoms with Gasteiger partial charge in [0.05, 0.1) is 12.2 Å². The predicted molar refractivity (Wildman–Crippen MR) is 107 cm³/mol. The lowest BCUT2D eigenvalue weighted by Gasteiger charge is -2.14. The van der Waals surface area contributed by atoms with E-state index < -0.39 is 17.7 Å². The number of ether oxygens (including phenoxy) is 2. The van der Waals surface area contributed by atoms with Gasteiger partial charge in [0.25, 0.3) is 0 Å². The number of rotatable bonds is 5. The Bertz CT molecular complexity index is 1040. The second kappa shape index (κ2) is 7.96. The molecule has 0 spiro atoms. The predicted octanol–water partition coefficient (Wildman–Crippen LogP) is 4.86. The molecule has 5 nitrogen and oxygen atoms in total. The van der Waals surface area contributed by atoms with E-state index in [1.807, 2.05) is 31.2 Å². The second-order valence-electron chi connectivity index (χ2n) is 6.07. The smallest absolute Gasteiger partial charge is 0.347 e. The van der Waals surface area contributed by atoms with Crippen LogP contribution in [0.1, 0.15) is 19.4 Å². The first kappa shape index (κ1) is 19.2. The fraction of sp³-hybridized carbons (Fsp3) is 0.238. The lowest BCUT2D eigenvalue weighted by atomic mass is 9.99. The normalized spacial score (nSPS) is 12.0. The third kappa shape index (κ3) is 4.06. The highest BCUT2D eigenvalue weighted by Crippen LogP contribution is 2.30. The van der Waals surface area contributed by atoms with E-state index >= 15 is 0 Å². The zero-order chi connectivity index (χ0) is 19.6. The summed E-state index contributed by atoms with van der Waals surface area (Å²) in [5.41, 5.74) is 2.14. The standard InChI is InChI=1S/C21H19BrO5/c1-4-25-20(23)13(3)26-16-9-10-18-17(11-16)12(2)19(21(24)27-18)14-5-7-15(22)8-6-14/h5-11,13H,4H2,1-3H3/t13-/m0/s1. The first-order valence-corrected chi connectivity index (χ1v) is 9.36. The second-order valence-corrected chi connectivity index (χ2v) is 6.98. The molecule has 2 aromatic carbocycles. The Morgan fingerprint density at radius 1 is 1.19 bits per heavy atom. The van der Waals surface area contributed by atoms with Crippen molar-refractivity contribution in [1.29, 1.82) is 0 Å². The average Bonchev–Trinajstić information content (AvgIpc) is 2.64. The van der Waals surface area contributed by atoms with E-state index in [0.717, 1.165) is 21.0 Å². The summed E-state index contributed by atoms with van der Waals surface area (Å²) >= 11 is 3.39. The average molecular weight is 431 g/mol. The van der Waals surface area contributed by atoms with E-state index in [1.54, 1.807) is 32.0 Å². The van der Waals surface area contributed by atoms with Gasteiger partial charge in [0.1, 0.15) is 11.3 Å². The lowest BCUT2D eigenvalue weighted by molar-refractivity contribution is -0.150. The number of hydrogen-bond donors (Lipinski definition) is 0. The maximum absolute atomic E-state index is 12.5. The summed E-state index contributed by atoms with van der Waals surface area (Å²) in [6.07, 6.45) is -0.732. The maximum Gasteiger partial charge on any atom is 0.347 e. The Balaban J connectivity index is 2.04. The zero-order valence-corrected chi connectivity index (χ0v) is 16.8. The van der Waals surface area contributed by atoms with E-state index in [9.17, 15) is 9.59 Å². The molecule has 0 bridgehead atoms. The molecule has 3 rings (SSSR count). The number of carbonyl (C=O) groups is 1. The number of esters is 1. The summed E-state index contributed by atoms with van der Waals surface area (Å²) in [5.74, 6) is 0.0752. The molecule has 27 heavy (non-hydrogen) atoms. The van der Waals surface area contributed by atoms with Crippen molar-refractivity contribution in [3.8, 4) is 16.9 Å². The van der Waals surface area contributed by atoms with Gasteiger partial charge in [-0.2, -0.15) is 0 Å². The van der Waals surface area contributed by atoms with E-state index in [1.165, 1.54) is 0 Å². The molecule has 0 saturated heterocycles. The maximum atomic E-state index is 12.5. The molecule has 0 fully saturated rings. The molecule has 0 aliphatic rings. The molecular weight excluding hydrogens is 412 g/mol. The van der Waals surface area contributed by atoms with Crippen molar-refractivity contribution in [3.63, 3.8) is 0 Å². The van der Waals surface area contributed by atoms with Gasteiger partial charge in [-0.25, -0.2) is 9.59 Å². The third-order valence-electron chi connectivity index (χ3n) is 4.20. The number of fused-ring (bicyclic) bond motifs is 1. The third-order valence-corrected chi connectivity index (χ3v) is 4.73. The van der Waals surface area contributed by atoms with Crippen LogP contribution in [0.15, 0.2) is 56.1 Å². The van der Waals surface area contributed by atoms with Crippen LogP contribution in [0.2, 0.25) is 0 Å². The van der Waals surface area contributed by atoms with E-state index in [2.05, 4.69) is 15.9 Å². The van der Waals surface area contributed by atoms with Crippen molar-refractivity contribution in [2.45, 2.75) is 26.9 Å². The topological polar surface area (TPSA) is 65.7 Å². The van der Waals surface area contributed by atoms with Gasteiger partial charge in [-0.15, -0.1) is 0 Å². The van der Waals surface area contributed by atoms with Crippen LogP contribution in [-0.4, -0.2) is 18.7 Å². The summed E-state index contributed by atoms with van der Waals surface area (Å²) < 4.78 is 17.1. The summed E-state index contributed by atoms with van der Waals surface area (Å²) in [4.78, 5) is 24.3. The van der Waals surface area contributed by atoms with Gasteiger partial charge in [-0.3, -0.25) is 0 Å². The molecule has 0 aliphatic carbocycles. The molecule has 1 heterocycles. The highest BCUT2D eigenvalue weighted by atomic mass is 79.9. The molecule has 3 aromatic rings. The molecule has 1 atom stereocenters. The first-order valence-electron chi connectivity index (χ1n) is 8.57. The molecular formula is C21H19BrO5.